The Kier molecular flexibility index (Phi) is 12.1. The van der Waals surface area contributed by atoms with Gasteiger partial charge < -0.3 is 30.1 Å². The van der Waals surface area contributed by atoms with Gasteiger partial charge in [-0.1, -0.05) is 69.2 Å². The largest absolute Gasteiger partial charge is 0.394 e. The lowest BCUT2D eigenvalue weighted by molar-refractivity contribution is -0.136. The van der Waals surface area contributed by atoms with Crippen molar-refractivity contribution in [2.75, 3.05) is 36.7 Å². The minimum absolute atomic E-state index is 0.124. The van der Waals surface area contributed by atoms with Crippen molar-refractivity contribution in [2.24, 2.45) is 5.41 Å². The van der Waals surface area contributed by atoms with Gasteiger partial charge in [0.25, 0.3) is 0 Å². The summed E-state index contributed by atoms with van der Waals surface area (Å²) in [5.74, 6) is 1.35. The summed E-state index contributed by atoms with van der Waals surface area (Å²) in [7, 11) is 4.19. The number of ether oxygens (including phenoxy) is 2. The van der Waals surface area contributed by atoms with Crippen LogP contribution in [0.2, 0.25) is 0 Å². The summed E-state index contributed by atoms with van der Waals surface area (Å²) in [6, 6.07) is 24.9. The molecule has 0 saturated carbocycles. The summed E-state index contributed by atoms with van der Waals surface area (Å²) in [6.07, 6.45) is 5.90. The number of hydrogen-bond donors (Lipinski definition) is 3. The van der Waals surface area contributed by atoms with Crippen molar-refractivity contribution in [3.63, 3.8) is 0 Å². The quantitative estimate of drug-likeness (QED) is 0.184. The Morgan fingerprint density at radius 3 is 2.63 bits per heavy atom. The lowest BCUT2D eigenvalue weighted by Gasteiger charge is -2.35. The van der Waals surface area contributed by atoms with Crippen LogP contribution in [0.4, 0.5) is 16.2 Å². The molecule has 3 aromatic rings. The van der Waals surface area contributed by atoms with E-state index in [0.29, 0.717) is 19.4 Å². The molecule has 8 heteroatoms. The molecular formula is C38H51N3O4S. The van der Waals surface area contributed by atoms with Gasteiger partial charge in [0.1, 0.15) is 6.23 Å². The van der Waals surface area contributed by atoms with E-state index in [0.717, 1.165) is 29.8 Å². The number of benzene rings is 3. The lowest BCUT2D eigenvalue weighted by atomic mass is 9.71. The molecule has 1 saturated heterocycles. The molecule has 0 aliphatic carbocycles. The van der Waals surface area contributed by atoms with Crippen LogP contribution in [0.3, 0.4) is 0 Å². The summed E-state index contributed by atoms with van der Waals surface area (Å²) in [5, 5.41) is 15.9. The SMILES string of the molecule is CCCC[C@]1(CC)CSc2ccc(N(C)C)cc2[C@@H](c2cccc(NC(=O)N[C@H]3CC(OCc4ccccc4)CC(CO)O3)c2)C1. The molecule has 5 rings (SSSR count). The maximum absolute atomic E-state index is 13.3. The molecule has 0 radical (unpaired) electrons. The normalized spacial score (nSPS) is 24.5. The average Bonchev–Trinajstić information content (AvgIpc) is 3.24. The van der Waals surface area contributed by atoms with E-state index in [1.807, 2.05) is 54.2 Å². The number of amides is 2. The van der Waals surface area contributed by atoms with Gasteiger partial charge in [0.15, 0.2) is 0 Å². The van der Waals surface area contributed by atoms with Crippen molar-refractivity contribution >= 4 is 29.2 Å². The van der Waals surface area contributed by atoms with Gasteiger partial charge >= 0.3 is 6.03 Å². The molecule has 1 fully saturated rings. The van der Waals surface area contributed by atoms with E-state index in [2.05, 4.69) is 73.8 Å². The highest BCUT2D eigenvalue weighted by atomic mass is 32.2. The Balaban J connectivity index is 1.31. The number of aliphatic hydroxyl groups is 1. The van der Waals surface area contributed by atoms with Gasteiger partial charge in [-0.15, -0.1) is 11.8 Å². The number of carbonyl (C=O) groups excluding carboxylic acids is 1. The van der Waals surface area contributed by atoms with Crippen molar-refractivity contribution in [3.05, 3.63) is 89.5 Å². The number of anilines is 2. The van der Waals surface area contributed by atoms with Crippen molar-refractivity contribution in [3.8, 4) is 0 Å². The first-order chi connectivity index (χ1) is 22.3. The number of carbonyl (C=O) groups is 1. The second-order valence-electron chi connectivity index (χ2n) is 13.2. The maximum Gasteiger partial charge on any atom is 0.321 e. The minimum atomic E-state index is -0.561. The third-order valence-electron chi connectivity index (χ3n) is 9.60. The molecule has 0 aromatic heterocycles. The number of fused-ring (bicyclic) bond motifs is 1. The fraction of sp³-hybridized carbons (Fsp3) is 0.500. The third-order valence-corrected chi connectivity index (χ3v) is 11.0. The molecule has 46 heavy (non-hydrogen) atoms. The lowest BCUT2D eigenvalue weighted by Crippen LogP contribution is -2.48. The average molecular weight is 646 g/mol. The number of aliphatic hydroxyl groups excluding tert-OH is 1. The Hall–Kier alpha value is -3.04. The molecule has 5 atom stereocenters. The predicted octanol–water partition coefficient (Wildman–Crippen LogP) is 8.17. The first-order valence-corrected chi connectivity index (χ1v) is 17.8. The number of unbranched alkanes of at least 4 members (excludes halogenated alkanes) is 1. The fourth-order valence-corrected chi connectivity index (χ4v) is 8.21. The summed E-state index contributed by atoms with van der Waals surface area (Å²) in [5.41, 5.74) is 5.89. The monoisotopic (exact) mass is 645 g/mol. The Labute approximate surface area is 279 Å². The predicted molar refractivity (Wildman–Crippen MR) is 189 cm³/mol. The standard InChI is InChI=1S/C38H51N3O4S/c1-5-7-18-38(6-2)23-34(33-20-30(41(3)4)16-17-35(33)46-26-38)28-14-11-15-29(19-28)39-37(43)40-36-22-31(21-32(24-42)45-36)44-25-27-12-9-8-10-13-27/h8-17,19-20,31-32,34,36,42H,5-7,18,21-26H2,1-4H3,(H2,39,40,43)/t31?,32?,34-,36-,38+/m1/s1. The van der Waals surface area contributed by atoms with Crippen LogP contribution in [0.5, 0.6) is 0 Å². The van der Waals surface area contributed by atoms with E-state index < -0.39 is 12.3 Å². The number of thioether (sulfide) groups is 1. The summed E-state index contributed by atoms with van der Waals surface area (Å²) in [4.78, 5) is 16.8. The highest BCUT2D eigenvalue weighted by molar-refractivity contribution is 7.99. The Morgan fingerprint density at radius 2 is 1.89 bits per heavy atom. The first-order valence-electron chi connectivity index (χ1n) is 16.8. The second-order valence-corrected chi connectivity index (χ2v) is 14.2. The number of urea groups is 1. The molecule has 0 bridgehead atoms. The highest BCUT2D eigenvalue weighted by Gasteiger charge is 2.37. The van der Waals surface area contributed by atoms with E-state index in [1.165, 1.54) is 41.0 Å². The van der Waals surface area contributed by atoms with Crippen LogP contribution < -0.4 is 15.5 Å². The zero-order valence-electron chi connectivity index (χ0n) is 27.8. The van der Waals surface area contributed by atoms with Crippen LogP contribution in [0.15, 0.2) is 77.7 Å². The number of nitrogens with one attached hydrogen (secondary N) is 2. The van der Waals surface area contributed by atoms with Crippen molar-refractivity contribution in [1.29, 1.82) is 0 Å². The van der Waals surface area contributed by atoms with Gasteiger partial charge in [-0.05, 0) is 71.7 Å². The van der Waals surface area contributed by atoms with Gasteiger partial charge in [-0.2, -0.15) is 0 Å². The summed E-state index contributed by atoms with van der Waals surface area (Å²) >= 11 is 2.01. The highest BCUT2D eigenvalue weighted by Crippen LogP contribution is 2.51. The molecule has 3 aromatic carbocycles. The van der Waals surface area contributed by atoms with Crippen molar-refractivity contribution in [1.82, 2.24) is 5.32 Å². The maximum atomic E-state index is 13.3. The van der Waals surface area contributed by atoms with E-state index >= 15 is 0 Å². The Morgan fingerprint density at radius 1 is 1.07 bits per heavy atom. The zero-order chi connectivity index (χ0) is 32.5. The smallest absolute Gasteiger partial charge is 0.321 e. The van der Waals surface area contributed by atoms with Crippen LogP contribution in [0.1, 0.15) is 81.4 Å². The summed E-state index contributed by atoms with van der Waals surface area (Å²) < 4.78 is 12.1. The van der Waals surface area contributed by atoms with Gasteiger partial charge in [0, 0.05) is 54.9 Å². The molecule has 7 nitrogen and oxygen atoms in total. The second kappa shape index (κ2) is 16.2. The fourth-order valence-electron chi connectivity index (χ4n) is 6.75. The van der Waals surface area contributed by atoms with Crippen LogP contribution in [-0.4, -0.2) is 56.0 Å². The zero-order valence-corrected chi connectivity index (χ0v) is 28.7. The topological polar surface area (TPSA) is 83.1 Å². The third kappa shape index (κ3) is 8.85. The first kappa shape index (κ1) is 34.3. The van der Waals surface area contributed by atoms with Gasteiger partial charge in [0.05, 0.1) is 25.4 Å². The molecule has 2 amide bonds. The molecule has 3 N–H and O–H groups in total. The molecular weight excluding hydrogens is 595 g/mol. The van der Waals surface area contributed by atoms with E-state index in [9.17, 15) is 9.90 Å². The molecule has 0 spiro atoms. The Bertz CT molecular complexity index is 1420. The van der Waals surface area contributed by atoms with Crippen molar-refractivity contribution in [2.45, 2.75) is 94.6 Å². The molecule has 2 unspecified atom stereocenters. The van der Waals surface area contributed by atoms with Crippen LogP contribution >= 0.6 is 11.8 Å². The number of nitrogens with zero attached hydrogens (tertiary/aromatic N) is 1. The molecule has 2 aliphatic rings. The number of hydrogen-bond acceptors (Lipinski definition) is 6. The van der Waals surface area contributed by atoms with E-state index in [-0.39, 0.29) is 30.1 Å². The van der Waals surface area contributed by atoms with Crippen molar-refractivity contribution < 1.29 is 19.4 Å². The van der Waals surface area contributed by atoms with Gasteiger partial charge in [-0.25, -0.2) is 4.79 Å². The van der Waals surface area contributed by atoms with Crippen LogP contribution in [-0.2, 0) is 16.1 Å². The summed E-state index contributed by atoms with van der Waals surface area (Å²) in [6.45, 7) is 4.99. The molecule has 248 valence electrons. The van der Waals surface area contributed by atoms with Crippen LogP contribution in [0, 0.1) is 5.41 Å². The van der Waals surface area contributed by atoms with E-state index in [1.54, 1.807) is 0 Å². The van der Waals surface area contributed by atoms with Gasteiger partial charge in [0.2, 0.25) is 0 Å². The van der Waals surface area contributed by atoms with E-state index in [4.69, 9.17) is 9.47 Å². The molecule has 2 aliphatic heterocycles. The number of rotatable bonds is 12. The molecule has 2 heterocycles. The van der Waals surface area contributed by atoms with Crippen LogP contribution in [0.25, 0.3) is 0 Å². The minimum Gasteiger partial charge on any atom is -0.394 e. The van der Waals surface area contributed by atoms with Gasteiger partial charge in [-0.3, -0.25) is 0 Å².